The fraction of sp³-hybridized carbons (Fsp3) is 0.222. The van der Waals surface area contributed by atoms with Crippen LogP contribution in [0.15, 0.2) is 42.7 Å². The van der Waals surface area contributed by atoms with E-state index >= 15 is 0 Å². The summed E-state index contributed by atoms with van der Waals surface area (Å²) in [4.78, 5) is 20.1. The molecule has 6 heteroatoms. The van der Waals surface area contributed by atoms with Gasteiger partial charge in [-0.2, -0.15) is 0 Å². The Kier molecular flexibility index (Phi) is 3.57. The van der Waals surface area contributed by atoms with Crippen molar-refractivity contribution in [3.8, 4) is 11.5 Å². The number of rotatable bonds is 2. The van der Waals surface area contributed by atoms with Gasteiger partial charge in [-0.3, -0.25) is 0 Å². The molecule has 0 bridgehead atoms. The highest BCUT2D eigenvalue weighted by molar-refractivity contribution is 5.67. The Morgan fingerprint density at radius 3 is 2.88 bits per heavy atom. The molecule has 0 aromatic carbocycles. The van der Waals surface area contributed by atoms with Crippen molar-refractivity contribution in [2.24, 2.45) is 0 Å². The molecule has 120 valence electrons. The first-order valence-corrected chi connectivity index (χ1v) is 8.00. The van der Waals surface area contributed by atoms with Gasteiger partial charge in [0.25, 0.3) is 0 Å². The van der Waals surface area contributed by atoms with E-state index in [-0.39, 0.29) is 0 Å². The van der Waals surface area contributed by atoms with Gasteiger partial charge < -0.3 is 10.6 Å². The van der Waals surface area contributed by atoms with E-state index < -0.39 is 0 Å². The second-order valence-electron chi connectivity index (χ2n) is 5.90. The van der Waals surface area contributed by atoms with Crippen molar-refractivity contribution in [2.45, 2.75) is 19.8 Å². The maximum atomic E-state index is 5.84. The molecule has 0 saturated carbocycles. The number of anilines is 3. The number of fused-ring (bicyclic) bond motifs is 1. The average molecular weight is 318 g/mol. The molecule has 1 aliphatic heterocycles. The van der Waals surface area contributed by atoms with Crippen LogP contribution in [0.1, 0.15) is 17.7 Å². The number of aryl methyl sites for hydroxylation is 2. The number of nitrogens with zero attached hydrogens (tertiary/aromatic N) is 5. The molecule has 0 aliphatic carbocycles. The highest BCUT2D eigenvalue weighted by Crippen LogP contribution is 2.32. The van der Waals surface area contributed by atoms with E-state index in [1.807, 2.05) is 43.5 Å². The summed E-state index contributed by atoms with van der Waals surface area (Å²) in [6, 6.07) is 9.71. The second kappa shape index (κ2) is 5.88. The summed E-state index contributed by atoms with van der Waals surface area (Å²) in [6.45, 7) is 2.86. The molecule has 0 spiro atoms. The van der Waals surface area contributed by atoms with Crippen molar-refractivity contribution in [2.75, 3.05) is 17.2 Å². The monoisotopic (exact) mass is 318 g/mol. The van der Waals surface area contributed by atoms with Crippen LogP contribution < -0.4 is 10.6 Å². The van der Waals surface area contributed by atoms with Gasteiger partial charge in [-0.15, -0.1) is 0 Å². The minimum absolute atomic E-state index is 0.509. The zero-order valence-corrected chi connectivity index (χ0v) is 13.5. The van der Waals surface area contributed by atoms with Crippen molar-refractivity contribution in [3.63, 3.8) is 0 Å². The minimum Gasteiger partial charge on any atom is -0.384 e. The first kappa shape index (κ1) is 14.6. The Morgan fingerprint density at radius 1 is 1.12 bits per heavy atom. The van der Waals surface area contributed by atoms with E-state index in [0.717, 1.165) is 47.8 Å². The zero-order chi connectivity index (χ0) is 16.5. The van der Waals surface area contributed by atoms with Crippen LogP contribution in [-0.2, 0) is 6.42 Å². The number of nitrogens with two attached hydrogens (primary N) is 1. The van der Waals surface area contributed by atoms with E-state index in [9.17, 15) is 0 Å². The topological polar surface area (TPSA) is 80.8 Å². The highest BCUT2D eigenvalue weighted by Gasteiger charge is 2.21. The standard InChI is InChI=1S/C18H18N6/c1-12-4-2-6-15(22-12)17-21-11-13-5-3-9-24(18(13)23-17)14-7-8-20-16(19)10-14/h2,4,6-8,10-11H,3,5,9H2,1H3,(H2,19,20). The lowest BCUT2D eigenvalue weighted by Crippen LogP contribution is -2.26. The van der Waals surface area contributed by atoms with Gasteiger partial charge in [-0.05, 0) is 38.0 Å². The van der Waals surface area contributed by atoms with Crippen LogP contribution >= 0.6 is 0 Å². The van der Waals surface area contributed by atoms with Crippen LogP contribution in [0, 0.1) is 6.92 Å². The molecule has 0 amide bonds. The summed E-state index contributed by atoms with van der Waals surface area (Å²) < 4.78 is 0. The van der Waals surface area contributed by atoms with E-state index in [0.29, 0.717) is 11.6 Å². The van der Waals surface area contributed by atoms with Gasteiger partial charge in [-0.25, -0.2) is 19.9 Å². The van der Waals surface area contributed by atoms with Crippen molar-refractivity contribution in [1.29, 1.82) is 0 Å². The summed E-state index contributed by atoms with van der Waals surface area (Å²) in [5.74, 6) is 2.08. The smallest absolute Gasteiger partial charge is 0.180 e. The molecule has 3 aromatic heterocycles. The molecule has 6 nitrogen and oxygen atoms in total. The molecule has 1 aliphatic rings. The first-order valence-electron chi connectivity index (χ1n) is 8.00. The van der Waals surface area contributed by atoms with Gasteiger partial charge in [-0.1, -0.05) is 6.07 Å². The number of aromatic nitrogens is 4. The van der Waals surface area contributed by atoms with E-state index in [1.165, 1.54) is 0 Å². The Balaban J connectivity index is 1.80. The molecule has 0 atom stereocenters. The van der Waals surface area contributed by atoms with Crippen LogP contribution in [0.2, 0.25) is 0 Å². The van der Waals surface area contributed by atoms with E-state index in [2.05, 4.69) is 19.9 Å². The Hall–Kier alpha value is -3.02. The summed E-state index contributed by atoms with van der Waals surface area (Å²) >= 11 is 0. The third-order valence-electron chi connectivity index (χ3n) is 4.12. The fourth-order valence-corrected chi connectivity index (χ4v) is 2.99. The SMILES string of the molecule is Cc1cccc(-c2ncc3c(n2)N(c2ccnc(N)c2)CCC3)n1. The molecular formula is C18H18N6. The van der Waals surface area contributed by atoms with E-state index in [1.54, 1.807) is 6.20 Å². The number of pyridine rings is 2. The molecule has 24 heavy (non-hydrogen) atoms. The van der Waals surface area contributed by atoms with Crippen LogP contribution in [0.4, 0.5) is 17.3 Å². The predicted octanol–water partition coefficient (Wildman–Crippen LogP) is 2.91. The molecule has 4 heterocycles. The molecule has 3 aromatic rings. The van der Waals surface area contributed by atoms with Gasteiger partial charge in [0.05, 0.1) is 0 Å². The highest BCUT2D eigenvalue weighted by atomic mass is 15.2. The van der Waals surface area contributed by atoms with Crippen molar-refractivity contribution < 1.29 is 0 Å². The summed E-state index contributed by atoms with van der Waals surface area (Å²) in [5, 5.41) is 0. The maximum Gasteiger partial charge on any atom is 0.180 e. The normalized spacial score (nSPS) is 13.6. The molecular weight excluding hydrogens is 300 g/mol. The molecule has 0 radical (unpaired) electrons. The quantitative estimate of drug-likeness (QED) is 0.782. The lowest BCUT2D eigenvalue weighted by Gasteiger charge is -2.30. The predicted molar refractivity (Wildman–Crippen MR) is 94.0 cm³/mol. The Morgan fingerprint density at radius 2 is 2.04 bits per heavy atom. The van der Waals surface area contributed by atoms with Crippen LogP contribution in [0.25, 0.3) is 11.5 Å². The van der Waals surface area contributed by atoms with Crippen molar-refractivity contribution in [3.05, 3.63) is 54.0 Å². The zero-order valence-electron chi connectivity index (χ0n) is 13.5. The summed E-state index contributed by atoms with van der Waals surface area (Å²) in [5.41, 5.74) is 9.73. The third kappa shape index (κ3) is 2.67. The van der Waals surface area contributed by atoms with Gasteiger partial charge in [0.1, 0.15) is 17.3 Å². The average Bonchev–Trinajstić information content (AvgIpc) is 2.61. The summed E-state index contributed by atoms with van der Waals surface area (Å²) in [6.07, 6.45) is 5.68. The molecule has 0 saturated heterocycles. The van der Waals surface area contributed by atoms with Crippen LogP contribution in [0.5, 0.6) is 0 Å². The van der Waals surface area contributed by atoms with Crippen LogP contribution in [-0.4, -0.2) is 26.5 Å². The largest absolute Gasteiger partial charge is 0.384 e. The second-order valence-corrected chi connectivity index (χ2v) is 5.90. The number of hydrogen-bond donors (Lipinski definition) is 1. The summed E-state index contributed by atoms with van der Waals surface area (Å²) in [7, 11) is 0. The van der Waals surface area contributed by atoms with Gasteiger partial charge in [0, 0.05) is 41.9 Å². The fourth-order valence-electron chi connectivity index (χ4n) is 2.99. The first-order chi connectivity index (χ1) is 11.7. The Bertz CT molecular complexity index is 892. The van der Waals surface area contributed by atoms with Gasteiger partial charge >= 0.3 is 0 Å². The molecule has 0 fully saturated rings. The third-order valence-corrected chi connectivity index (χ3v) is 4.12. The lowest BCUT2D eigenvalue weighted by molar-refractivity contribution is 0.746. The minimum atomic E-state index is 0.509. The van der Waals surface area contributed by atoms with E-state index in [4.69, 9.17) is 10.7 Å². The number of nitrogen functional groups attached to an aromatic ring is 1. The molecule has 4 rings (SSSR count). The van der Waals surface area contributed by atoms with Gasteiger partial charge in [0.15, 0.2) is 5.82 Å². The van der Waals surface area contributed by atoms with Gasteiger partial charge in [0.2, 0.25) is 0 Å². The van der Waals surface area contributed by atoms with Crippen LogP contribution in [0.3, 0.4) is 0 Å². The van der Waals surface area contributed by atoms with Crippen molar-refractivity contribution >= 4 is 17.3 Å². The maximum absolute atomic E-state index is 5.84. The lowest BCUT2D eigenvalue weighted by atomic mass is 10.1. The molecule has 0 unspecified atom stereocenters. The van der Waals surface area contributed by atoms with Crippen molar-refractivity contribution in [1.82, 2.24) is 19.9 Å². The number of hydrogen-bond acceptors (Lipinski definition) is 6. The molecule has 2 N–H and O–H groups in total. The Labute approximate surface area is 140 Å².